The van der Waals surface area contributed by atoms with Crippen molar-refractivity contribution in [2.24, 2.45) is 5.14 Å². The third-order valence-corrected chi connectivity index (χ3v) is 3.17. The molecule has 1 aromatic heterocycles. The third-order valence-electron chi connectivity index (χ3n) is 2.25. The average Bonchev–Trinajstić information content (AvgIpc) is 2.66. The number of primary sulfonamides is 1. The normalized spacial score (nSPS) is 11.6. The Labute approximate surface area is 93.4 Å². The Morgan fingerprint density at radius 2 is 1.88 bits per heavy atom. The van der Waals surface area contributed by atoms with Crippen LogP contribution in [0.15, 0.2) is 35.4 Å². The number of benzene rings is 1. The van der Waals surface area contributed by atoms with E-state index in [0.29, 0.717) is 5.69 Å². The molecule has 5 nitrogen and oxygen atoms in total. The molecule has 1 aromatic carbocycles. The highest BCUT2D eigenvalue weighted by molar-refractivity contribution is 7.89. The molecule has 0 aliphatic rings. The zero-order valence-electron chi connectivity index (χ0n) is 8.64. The summed E-state index contributed by atoms with van der Waals surface area (Å²) in [5.41, 5.74) is 2.26. The zero-order chi connectivity index (χ0) is 11.8. The van der Waals surface area contributed by atoms with Gasteiger partial charge in [-0.1, -0.05) is 29.8 Å². The standard InChI is InChI=1S/C10H11N3O2S/c1-7-2-4-8(5-3-7)10-9(6-12-13-10)16(11,14)15/h2-6H,1H3,(H,12,13)(H2,11,14,15). The quantitative estimate of drug-likeness (QED) is 0.817. The van der Waals surface area contributed by atoms with Gasteiger partial charge in [0.1, 0.15) is 4.90 Å². The van der Waals surface area contributed by atoms with Gasteiger partial charge in [0.15, 0.2) is 0 Å². The number of aromatic nitrogens is 2. The molecule has 16 heavy (non-hydrogen) atoms. The van der Waals surface area contributed by atoms with Gasteiger partial charge in [-0.2, -0.15) is 5.10 Å². The zero-order valence-corrected chi connectivity index (χ0v) is 9.45. The summed E-state index contributed by atoms with van der Waals surface area (Å²) in [6.07, 6.45) is 1.21. The number of nitrogens with two attached hydrogens (primary N) is 1. The first-order valence-corrected chi connectivity index (χ1v) is 6.16. The van der Waals surface area contributed by atoms with Gasteiger partial charge in [-0.15, -0.1) is 0 Å². The van der Waals surface area contributed by atoms with Crippen LogP contribution in [0.4, 0.5) is 0 Å². The first-order valence-electron chi connectivity index (χ1n) is 4.62. The average molecular weight is 237 g/mol. The summed E-state index contributed by atoms with van der Waals surface area (Å²) < 4.78 is 22.5. The summed E-state index contributed by atoms with van der Waals surface area (Å²) in [7, 11) is -3.74. The lowest BCUT2D eigenvalue weighted by Gasteiger charge is -2.01. The number of sulfonamides is 1. The van der Waals surface area contributed by atoms with Gasteiger partial charge in [-0.3, -0.25) is 5.10 Å². The fourth-order valence-electron chi connectivity index (χ4n) is 1.42. The molecule has 3 N–H and O–H groups in total. The molecule has 2 rings (SSSR count). The molecule has 0 amide bonds. The predicted octanol–water partition coefficient (Wildman–Crippen LogP) is 1.03. The minimum absolute atomic E-state index is 0.0105. The molecule has 0 bridgehead atoms. The first-order chi connectivity index (χ1) is 7.48. The Hall–Kier alpha value is -1.66. The van der Waals surface area contributed by atoms with E-state index in [-0.39, 0.29) is 4.90 Å². The fraction of sp³-hybridized carbons (Fsp3) is 0.100. The van der Waals surface area contributed by atoms with Gasteiger partial charge in [-0.25, -0.2) is 13.6 Å². The fourth-order valence-corrected chi connectivity index (χ4v) is 2.07. The summed E-state index contributed by atoms with van der Waals surface area (Å²) in [5, 5.41) is 11.4. The van der Waals surface area contributed by atoms with Crippen molar-refractivity contribution in [3.05, 3.63) is 36.0 Å². The monoisotopic (exact) mass is 237 g/mol. The second-order valence-corrected chi connectivity index (χ2v) is 5.05. The van der Waals surface area contributed by atoms with Crippen molar-refractivity contribution in [2.45, 2.75) is 11.8 Å². The number of nitrogens with zero attached hydrogens (tertiary/aromatic N) is 1. The second-order valence-electron chi connectivity index (χ2n) is 3.52. The van der Waals surface area contributed by atoms with Gasteiger partial charge in [0.05, 0.1) is 11.9 Å². The van der Waals surface area contributed by atoms with Gasteiger partial charge < -0.3 is 0 Å². The Morgan fingerprint density at radius 3 is 2.44 bits per heavy atom. The van der Waals surface area contributed by atoms with Crippen LogP contribution in [0.1, 0.15) is 5.56 Å². The van der Waals surface area contributed by atoms with Crippen molar-refractivity contribution in [1.29, 1.82) is 0 Å². The highest BCUT2D eigenvalue weighted by atomic mass is 32.2. The number of hydrogen-bond donors (Lipinski definition) is 2. The molecule has 2 aromatic rings. The number of aryl methyl sites for hydroxylation is 1. The second kappa shape index (κ2) is 3.73. The molecular weight excluding hydrogens is 226 g/mol. The maximum absolute atomic E-state index is 11.3. The van der Waals surface area contributed by atoms with Gasteiger partial charge in [-0.05, 0) is 6.92 Å². The number of aromatic amines is 1. The summed E-state index contributed by atoms with van der Waals surface area (Å²) in [6, 6.07) is 7.42. The Kier molecular flexibility index (Phi) is 2.53. The van der Waals surface area contributed by atoms with Crippen LogP contribution in [0.2, 0.25) is 0 Å². The van der Waals surface area contributed by atoms with Gasteiger partial charge in [0.2, 0.25) is 10.0 Å². The summed E-state index contributed by atoms with van der Waals surface area (Å²) in [6.45, 7) is 1.96. The molecule has 0 atom stereocenters. The summed E-state index contributed by atoms with van der Waals surface area (Å²) in [5.74, 6) is 0. The van der Waals surface area contributed by atoms with E-state index in [2.05, 4.69) is 10.2 Å². The molecule has 84 valence electrons. The smallest absolute Gasteiger partial charge is 0.241 e. The molecule has 0 saturated carbocycles. The van der Waals surface area contributed by atoms with E-state index in [1.165, 1.54) is 6.20 Å². The van der Waals surface area contributed by atoms with Crippen LogP contribution in [0.3, 0.4) is 0 Å². The Bertz CT molecular complexity index is 599. The Balaban J connectivity index is 2.58. The van der Waals surface area contributed by atoms with Gasteiger partial charge in [0.25, 0.3) is 0 Å². The molecule has 0 aliphatic heterocycles. The van der Waals surface area contributed by atoms with Crippen molar-refractivity contribution in [3.63, 3.8) is 0 Å². The third kappa shape index (κ3) is 1.98. The van der Waals surface area contributed by atoms with Crippen LogP contribution >= 0.6 is 0 Å². The summed E-state index contributed by atoms with van der Waals surface area (Å²) in [4.78, 5) is 0.0105. The van der Waals surface area contributed by atoms with Crippen molar-refractivity contribution in [1.82, 2.24) is 10.2 Å². The van der Waals surface area contributed by atoms with Crippen LogP contribution in [-0.4, -0.2) is 18.6 Å². The van der Waals surface area contributed by atoms with Gasteiger partial charge in [0, 0.05) is 5.56 Å². The minimum atomic E-state index is -3.74. The molecule has 0 saturated heterocycles. The number of nitrogens with one attached hydrogen (secondary N) is 1. The molecule has 0 unspecified atom stereocenters. The van der Waals surface area contributed by atoms with E-state index in [0.717, 1.165) is 11.1 Å². The molecule has 0 radical (unpaired) electrons. The molecule has 1 heterocycles. The van der Waals surface area contributed by atoms with Crippen LogP contribution in [0, 0.1) is 6.92 Å². The van der Waals surface area contributed by atoms with E-state index in [1.54, 1.807) is 0 Å². The van der Waals surface area contributed by atoms with E-state index in [4.69, 9.17) is 5.14 Å². The molecule has 0 fully saturated rings. The van der Waals surface area contributed by atoms with Crippen molar-refractivity contribution in [3.8, 4) is 11.3 Å². The van der Waals surface area contributed by atoms with E-state index < -0.39 is 10.0 Å². The lowest BCUT2D eigenvalue weighted by molar-refractivity contribution is 0.598. The molecule has 6 heteroatoms. The van der Waals surface area contributed by atoms with Crippen LogP contribution in [0.25, 0.3) is 11.3 Å². The van der Waals surface area contributed by atoms with Gasteiger partial charge >= 0.3 is 0 Å². The van der Waals surface area contributed by atoms with Crippen LogP contribution in [-0.2, 0) is 10.0 Å². The van der Waals surface area contributed by atoms with E-state index in [1.807, 2.05) is 31.2 Å². The summed E-state index contributed by atoms with van der Waals surface area (Å²) >= 11 is 0. The molecule has 0 spiro atoms. The predicted molar refractivity (Wildman–Crippen MR) is 60.1 cm³/mol. The maximum Gasteiger partial charge on any atom is 0.241 e. The van der Waals surface area contributed by atoms with Crippen LogP contribution < -0.4 is 5.14 Å². The molecule has 0 aliphatic carbocycles. The number of H-pyrrole nitrogens is 1. The topological polar surface area (TPSA) is 88.8 Å². The molecular formula is C10H11N3O2S. The SMILES string of the molecule is Cc1ccc(-c2[nH]ncc2S(N)(=O)=O)cc1. The van der Waals surface area contributed by atoms with E-state index in [9.17, 15) is 8.42 Å². The lowest BCUT2D eigenvalue weighted by atomic mass is 10.1. The Morgan fingerprint density at radius 1 is 1.25 bits per heavy atom. The van der Waals surface area contributed by atoms with Crippen molar-refractivity contribution >= 4 is 10.0 Å². The van der Waals surface area contributed by atoms with E-state index >= 15 is 0 Å². The minimum Gasteiger partial charge on any atom is -0.276 e. The van der Waals surface area contributed by atoms with Crippen molar-refractivity contribution < 1.29 is 8.42 Å². The number of rotatable bonds is 2. The first kappa shape index (κ1) is 10.8. The highest BCUT2D eigenvalue weighted by Crippen LogP contribution is 2.23. The lowest BCUT2D eigenvalue weighted by Crippen LogP contribution is -2.12. The maximum atomic E-state index is 11.3. The highest BCUT2D eigenvalue weighted by Gasteiger charge is 2.17. The largest absolute Gasteiger partial charge is 0.276 e. The van der Waals surface area contributed by atoms with Crippen LogP contribution in [0.5, 0.6) is 0 Å². The van der Waals surface area contributed by atoms with Crippen molar-refractivity contribution in [2.75, 3.05) is 0 Å². The number of hydrogen-bond acceptors (Lipinski definition) is 3.